The highest BCUT2D eigenvalue weighted by molar-refractivity contribution is 5.97. The van der Waals surface area contributed by atoms with E-state index in [9.17, 15) is 9.59 Å². The van der Waals surface area contributed by atoms with Gasteiger partial charge in [0, 0.05) is 13.1 Å². The number of para-hydroxylation sites is 1. The van der Waals surface area contributed by atoms with Gasteiger partial charge in [0.05, 0.1) is 35.2 Å². The van der Waals surface area contributed by atoms with Gasteiger partial charge in [0.25, 0.3) is 5.91 Å². The van der Waals surface area contributed by atoms with Crippen LogP contribution in [0.15, 0.2) is 30.3 Å². The number of hydrogen-bond acceptors (Lipinski definition) is 4. The standard InChI is InChI=1S/C23H31N3O3/c1-5-29-23(28)18-10-9-13-25(15-18)22(27)21-17(4)26(19-11-7-6-8-12-19)24-20(21)14-16(2)3/h6-8,11-12,16,18H,5,9-10,13-15H2,1-4H3/t18-/m1/s1. The smallest absolute Gasteiger partial charge is 0.310 e. The van der Waals surface area contributed by atoms with Crippen molar-refractivity contribution in [1.29, 1.82) is 0 Å². The highest BCUT2D eigenvalue weighted by atomic mass is 16.5. The SMILES string of the molecule is CCOC(=O)[C@@H]1CCCN(C(=O)c2c(CC(C)C)nn(-c3ccccc3)c2C)C1. The van der Waals surface area contributed by atoms with Crippen molar-refractivity contribution >= 4 is 11.9 Å². The van der Waals surface area contributed by atoms with Crippen molar-refractivity contribution < 1.29 is 14.3 Å². The summed E-state index contributed by atoms with van der Waals surface area (Å²) in [4.78, 5) is 27.5. The molecule has 2 heterocycles. The van der Waals surface area contributed by atoms with Crippen LogP contribution in [0.4, 0.5) is 0 Å². The maximum atomic E-state index is 13.5. The van der Waals surface area contributed by atoms with Crippen LogP contribution in [0.1, 0.15) is 55.4 Å². The molecular weight excluding hydrogens is 366 g/mol. The molecule has 1 atom stereocenters. The number of ether oxygens (including phenoxy) is 1. The van der Waals surface area contributed by atoms with E-state index in [1.807, 2.05) is 48.9 Å². The van der Waals surface area contributed by atoms with E-state index in [-0.39, 0.29) is 17.8 Å². The third kappa shape index (κ3) is 4.69. The topological polar surface area (TPSA) is 64.4 Å². The summed E-state index contributed by atoms with van der Waals surface area (Å²) >= 11 is 0. The summed E-state index contributed by atoms with van der Waals surface area (Å²) in [5, 5.41) is 4.80. The number of carbonyl (C=O) groups excluding carboxylic acids is 2. The summed E-state index contributed by atoms with van der Waals surface area (Å²) in [5.74, 6) is -0.0992. The molecule has 1 aromatic carbocycles. The van der Waals surface area contributed by atoms with Gasteiger partial charge in [-0.15, -0.1) is 0 Å². The molecule has 2 aromatic rings. The molecule has 6 heteroatoms. The second kappa shape index (κ2) is 9.25. The van der Waals surface area contributed by atoms with Gasteiger partial charge in [-0.3, -0.25) is 9.59 Å². The van der Waals surface area contributed by atoms with E-state index >= 15 is 0 Å². The highest BCUT2D eigenvalue weighted by Crippen LogP contribution is 2.25. The number of amides is 1. The van der Waals surface area contributed by atoms with E-state index in [1.54, 1.807) is 4.90 Å². The van der Waals surface area contributed by atoms with E-state index in [4.69, 9.17) is 9.84 Å². The van der Waals surface area contributed by atoms with Gasteiger partial charge in [0.1, 0.15) is 0 Å². The molecule has 1 saturated heterocycles. The van der Waals surface area contributed by atoms with Crippen LogP contribution in [-0.4, -0.2) is 46.3 Å². The Morgan fingerprint density at radius 2 is 1.97 bits per heavy atom. The molecule has 6 nitrogen and oxygen atoms in total. The first kappa shape index (κ1) is 21.1. The number of piperidine rings is 1. The van der Waals surface area contributed by atoms with Crippen molar-refractivity contribution in [3.8, 4) is 5.69 Å². The molecule has 156 valence electrons. The molecule has 1 fully saturated rings. The Hall–Kier alpha value is -2.63. The lowest BCUT2D eigenvalue weighted by Gasteiger charge is -2.31. The molecule has 0 saturated carbocycles. The van der Waals surface area contributed by atoms with E-state index in [2.05, 4.69) is 13.8 Å². The lowest BCUT2D eigenvalue weighted by atomic mass is 9.96. The van der Waals surface area contributed by atoms with Crippen molar-refractivity contribution in [3.63, 3.8) is 0 Å². The van der Waals surface area contributed by atoms with Gasteiger partial charge in [-0.2, -0.15) is 5.10 Å². The van der Waals surface area contributed by atoms with Crippen LogP contribution in [-0.2, 0) is 16.0 Å². The summed E-state index contributed by atoms with van der Waals surface area (Å²) in [7, 11) is 0. The fourth-order valence-electron chi connectivity index (χ4n) is 3.96. The number of benzene rings is 1. The van der Waals surface area contributed by atoms with E-state index in [0.29, 0.717) is 31.2 Å². The Morgan fingerprint density at radius 1 is 1.24 bits per heavy atom. The number of rotatable bonds is 6. The zero-order chi connectivity index (χ0) is 21.0. The molecule has 0 aliphatic carbocycles. The molecule has 1 aliphatic rings. The Labute approximate surface area is 172 Å². The summed E-state index contributed by atoms with van der Waals surface area (Å²) in [6.07, 6.45) is 2.31. The molecule has 1 aromatic heterocycles. The fraction of sp³-hybridized carbons (Fsp3) is 0.522. The number of likely N-dealkylation sites (tertiary alicyclic amines) is 1. The Kier molecular flexibility index (Phi) is 6.72. The minimum atomic E-state index is -0.245. The summed E-state index contributed by atoms with van der Waals surface area (Å²) in [6, 6.07) is 9.88. The van der Waals surface area contributed by atoms with Crippen LogP contribution in [0.25, 0.3) is 5.69 Å². The van der Waals surface area contributed by atoms with Crippen LogP contribution < -0.4 is 0 Å². The summed E-state index contributed by atoms with van der Waals surface area (Å²) < 4.78 is 7.04. The Morgan fingerprint density at radius 3 is 2.62 bits per heavy atom. The molecule has 1 amide bonds. The van der Waals surface area contributed by atoms with Gasteiger partial charge in [-0.05, 0) is 51.2 Å². The maximum absolute atomic E-state index is 13.5. The van der Waals surface area contributed by atoms with Crippen LogP contribution in [0.5, 0.6) is 0 Å². The van der Waals surface area contributed by atoms with Crippen molar-refractivity contribution in [2.24, 2.45) is 11.8 Å². The highest BCUT2D eigenvalue weighted by Gasteiger charge is 2.33. The minimum absolute atomic E-state index is 0.0330. The number of esters is 1. The van der Waals surface area contributed by atoms with Crippen LogP contribution in [0.2, 0.25) is 0 Å². The van der Waals surface area contributed by atoms with E-state index < -0.39 is 0 Å². The van der Waals surface area contributed by atoms with E-state index in [0.717, 1.165) is 36.3 Å². The normalized spacial score (nSPS) is 16.9. The lowest BCUT2D eigenvalue weighted by Crippen LogP contribution is -2.43. The van der Waals surface area contributed by atoms with Crippen molar-refractivity contribution in [2.45, 2.75) is 47.0 Å². The molecule has 0 spiro atoms. The van der Waals surface area contributed by atoms with Gasteiger partial charge in [0.2, 0.25) is 0 Å². The quantitative estimate of drug-likeness (QED) is 0.696. The second-order valence-corrected chi connectivity index (χ2v) is 8.09. The predicted molar refractivity (Wildman–Crippen MR) is 112 cm³/mol. The first-order valence-electron chi connectivity index (χ1n) is 10.5. The van der Waals surface area contributed by atoms with Gasteiger partial charge < -0.3 is 9.64 Å². The van der Waals surface area contributed by atoms with Crippen LogP contribution in [0, 0.1) is 18.8 Å². The molecule has 0 unspecified atom stereocenters. The maximum Gasteiger partial charge on any atom is 0.310 e. The minimum Gasteiger partial charge on any atom is -0.466 e. The Bertz CT molecular complexity index is 858. The molecule has 0 bridgehead atoms. The van der Waals surface area contributed by atoms with Crippen LogP contribution in [0.3, 0.4) is 0 Å². The molecule has 1 aliphatic heterocycles. The Balaban J connectivity index is 1.92. The number of aromatic nitrogens is 2. The molecule has 3 rings (SSSR count). The van der Waals surface area contributed by atoms with Gasteiger partial charge in [0.15, 0.2) is 0 Å². The monoisotopic (exact) mass is 397 g/mol. The van der Waals surface area contributed by atoms with Crippen molar-refractivity contribution in [2.75, 3.05) is 19.7 Å². The van der Waals surface area contributed by atoms with Crippen LogP contribution >= 0.6 is 0 Å². The zero-order valence-electron chi connectivity index (χ0n) is 17.9. The molecule has 29 heavy (non-hydrogen) atoms. The third-order valence-electron chi connectivity index (χ3n) is 5.33. The van der Waals surface area contributed by atoms with E-state index in [1.165, 1.54) is 0 Å². The number of carbonyl (C=O) groups is 2. The number of hydrogen-bond donors (Lipinski definition) is 0. The van der Waals surface area contributed by atoms with Gasteiger partial charge >= 0.3 is 5.97 Å². The summed E-state index contributed by atoms with van der Waals surface area (Å²) in [6.45, 7) is 9.45. The first-order chi connectivity index (χ1) is 13.9. The van der Waals surface area contributed by atoms with Gasteiger partial charge in [-0.1, -0.05) is 32.0 Å². The molecule has 0 radical (unpaired) electrons. The van der Waals surface area contributed by atoms with Crippen molar-refractivity contribution in [3.05, 3.63) is 47.3 Å². The van der Waals surface area contributed by atoms with Crippen molar-refractivity contribution in [1.82, 2.24) is 14.7 Å². The molecular formula is C23H31N3O3. The second-order valence-electron chi connectivity index (χ2n) is 8.09. The third-order valence-corrected chi connectivity index (χ3v) is 5.33. The number of nitrogens with zero attached hydrogens (tertiary/aromatic N) is 3. The first-order valence-corrected chi connectivity index (χ1v) is 10.5. The lowest BCUT2D eigenvalue weighted by molar-refractivity contribution is -0.149. The van der Waals surface area contributed by atoms with Gasteiger partial charge in [-0.25, -0.2) is 4.68 Å². The largest absolute Gasteiger partial charge is 0.466 e. The summed E-state index contributed by atoms with van der Waals surface area (Å²) in [5.41, 5.74) is 3.28. The fourth-order valence-corrected chi connectivity index (χ4v) is 3.96. The predicted octanol–water partition coefficient (Wildman–Crippen LogP) is 3.79. The molecule has 0 N–H and O–H groups in total. The average molecular weight is 398 g/mol. The average Bonchev–Trinajstić information content (AvgIpc) is 3.03. The zero-order valence-corrected chi connectivity index (χ0v) is 17.9.